The Kier molecular flexibility index (Phi) is 4.19. The number of fused-ring (bicyclic) bond motifs is 1. The summed E-state index contributed by atoms with van der Waals surface area (Å²) >= 11 is 0. The quantitative estimate of drug-likeness (QED) is 0.747. The number of hydrogen-bond donors (Lipinski definition) is 1. The summed E-state index contributed by atoms with van der Waals surface area (Å²) in [6.07, 6.45) is 0.903. The minimum atomic E-state index is -0.325. The molecular formula is C20H25N3O2. The Morgan fingerprint density at radius 2 is 1.56 bits per heavy atom. The molecule has 1 aromatic heterocycles. The maximum Gasteiger partial charge on any atom is 0.143 e. The van der Waals surface area contributed by atoms with E-state index in [9.17, 15) is 5.11 Å². The molecular weight excluding hydrogens is 314 g/mol. The van der Waals surface area contributed by atoms with E-state index in [0.29, 0.717) is 11.4 Å². The molecule has 132 valence electrons. The van der Waals surface area contributed by atoms with Crippen molar-refractivity contribution in [1.29, 1.82) is 0 Å². The van der Waals surface area contributed by atoms with E-state index >= 15 is 0 Å². The third kappa shape index (κ3) is 4.10. The van der Waals surface area contributed by atoms with Gasteiger partial charge in [0.2, 0.25) is 0 Å². The van der Waals surface area contributed by atoms with Gasteiger partial charge in [-0.15, -0.1) is 15.0 Å². The van der Waals surface area contributed by atoms with Gasteiger partial charge in [-0.2, -0.15) is 0 Å². The molecule has 5 heteroatoms. The minimum absolute atomic E-state index is 0.112. The number of nitrogens with zero attached hydrogens (tertiary/aromatic N) is 3. The van der Waals surface area contributed by atoms with E-state index in [4.69, 9.17) is 4.74 Å². The van der Waals surface area contributed by atoms with Gasteiger partial charge in [0.25, 0.3) is 0 Å². The van der Waals surface area contributed by atoms with Gasteiger partial charge < -0.3 is 9.84 Å². The molecule has 0 aliphatic heterocycles. The third-order valence-electron chi connectivity index (χ3n) is 3.80. The van der Waals surface area contributed by atoms with E-state index in [2.05, 4.69) is 44.8 Å². The highest BCUT2D eigenvalue weighted by Crippen LogP contribution is 2.33. The molecule has 0 bridgehead atoms. The van der Waals surface area contributed by atoms with Crippen LogP contribution in [-0.4, -0.2) is 25.7 Å². The molecule has 0 radical (unpaired) electrons. The molecule has 25 heavy (non-hydrogen) atoms. The third-order valence-corrected chi connectivity index (χ3v) is 3.80. The lowest BCUT2D eigenvalue weighted by atomic mass is 9.83. The summed E-state index contributed by atoms with van der Waals surface area (Å²) in [6, 6.07) is 12.8. The van der Waals surface area contributed by atoms with Gasteiger partial charge in [0, 0.05) is 6.07 Å². The first-order valence-corrected chi connectivity index (χ1v) is 8.48. The smallest absolute Gasteiger partial charge is 0.143 e. The maximum atomic E-state index is 10.2. The van der Waals surface area contributed by atoms with Crippen LogP contribution in [0, 0.1) is 5.41 Å². The molecule has 0 saturated carbocycles. The first-order chi connectivity index (χ1) is 11.6. The Labute approximate surface area is 148 Å². The summed E-state index contributed by atoms with van der Waals surface area (Å²) in [5.74, 6) is 0.796. The second-order valence-electron chi connectivity index (χ2n) is 8.23. The maximum absolute atomic E-state index is 10.2. The molecule has 0 fully saturated rings. The summed E-state index contributed by atoms with van der Waals surface area (Å²) < 4.78 is 6.19. The molecule has 0 aliphatic rings. The highest BCUT2D eigenvalue weighted by atomic mass is 16.5. The predicted octanol–water partition coefficient (Wildman–Crippen LogP) is 4.72. The molecule has 2 aromatic carbocycles. The molecule has 0 aliphatic carbocycles. The van der Waals surface area contributed by atoms with Crippen LogP contribution in [0.25, 0.3) is 16.7 Å². The normalized spacial score (nSPS) is 12.5. The van der Waals surface area contributed by atoms with Crippen LogP contribution in [-0.2, 0) is 0 Å². The molecule has 0 amide bonds. The van der Waals surface area contributed by atoms with E-state index in [1.807, 2.05) is 24.3 Å². The molecule has 0 spiro atoms. The lowest BCUT2D eigenvalue weighted by Crippen LogP contribution is -2.33. The fourth-order valence-corrected chi connectivity index (χ4v) is 3.33. The van der Waals surface area contributed by atoms with Gasteiger partial charge >= 0.3 is 0 Å². The van der Waals surface area contributed by atoms with Crippen molar-refractivity contribution in [1.82, 2.24) is 15.0 Å². The van der Waals surface area contributed by atoms with Gasteiger partial charge in [-0.1, -0.05) is 32.9 Å². The van der Waals surface area contributed by atoms with Crippen molar-refractivity contribution in [3.63, 3.8) is 0 Å². The SMILES string of the molecule is CC(C)(C)CC(C)(C)Oc1ccc(O)c(-n2nc3ccccc3n2)c1. The number of phenols is 1. The Morgan fingerprint density at radius 1 is 0.960 bits per heavy atom. The number of benzene rings is 2. The van der Waals surface area contributed by atoms with Crippen LogP contribution in [0.5, 0.6) is 11.5 Å². The van der Waals surface area contributed by atoms with Gasteiger partial charge in [0.05, 0.1) is 0 Å². The molecule has 3 rings (SSSR count). The number of aromatic nitrogens is 3. The standard InChI is InChI=1S/C20H25N3O2/c1-19(2,3)13-20(4,5)25-14-10-11-18(24)17(12-14)23-21-15-8-6-7-9-16(15)22-23/h6-12,24H,13H2,1-5H3. The average Bonchev–Trinajstić information content (AvgIpc) is 2.90. The van der Waals surface area contributed by atoms with Crippen LogP contribution in [0.1, 0.15) is 41.0 Å². The van der Waals surface area contributed by atoms with Crippen LogP contribution in [0.2, 0.25) is 0 Å². The van der Waals surface area contributed by atoms with Gasteiger partial charge in [0.15, 0.2) is 0 Å². The summed E-state index contributed by atoms with van der Waals surface area (Å²) in [4.78, 5) is 1.45. The largest absolute Gasteiger partial charge is 0.506 e. The highest BCUT2D eigenvalue weighted by Gasteiger charge is 2.27. The Bertz CT molecular complexity index is 858. The van der Waals surface area contributed by atoms with Crippen molar-refractivity contribution in [3.05, 3.63) is 42.5 Å². The highest BCUT2D eigenvalue weighted by molar-refractivity contribution is 5.73. The van der Waals surface area contributed by atoms with Gasteiger partial charge in [-0.25, -0.2) is 0 Å². The number of phenolic OH excluding ortho intramolecular Hbond substituents is 1. The zero-order valence-corrected chi connectivity index (χ0v) is 15.4. The van der Waals surface area contributed by atoms with Crippen molar-refractivity contribution in [2.75, 3.05) is 0 Å². The van der Waals surface area contributed by atoms with Crippen molar-refractivity contribution < 1.29 is 9.84 Å². The second-order valence-corrected chi connectivity index (χ2v) is 8.23. The predicted molar refractivity (Wildman–Crippen MR) is 99.3 cm³/mol. The van der Waals surface area contributed by atoms with E-state index in [1.165, 1.54) is 4.80 Å². The summed E-state index contributed by atoms with van der Waals surface area (Å²) in [5.41, 5.74) is 1.89. The molecule has 0 unspecified atom stereocenters. The van der Waals surface area contributed by atoms with Gasteiger partial charge in [-0.05, 0) is 49.9 Å². The molecule has 0 saturated heterocycles. The Balaban J connectivity index is 1.93. The number of aromatic hydroxyl groups is 1. The van der Waals surface area contributed by atoms with Crippen LogP contribution in [0.4, 0.5) is 0 Å². The van der Waals surface area contributed by atoms with Crippen LogP contribution in [0.3, 0.4) is 0 Å². The number of rotatable bonds is 4. The van der Waals surface area contributed by atoms with E-state index < -0.39 is 0 Å². The average molecular weight is 339 g/mol. The van der Waals surface area contributed by atoms with Gasteiger partial charge in [-0.3, -0.25) is 0 Å². The lowest BCUT2D eigenvalue weighted by Gasteiger charge is -2.33. The summed E-state index contributed by atoms with van der Waals surface area (Å²) in [6.45, 7) is 10.7. The van der Waals surface area contributed by atoms with Crippen molar-refractivity contribution in [3.8, 4) is 17.2 Å². The van der Waals surface area contributed by atoms with Crippen molar-refractivity contribution in [2.45, 2.75) is 46.6 Å². The number of hydrogen-bond acceptors (Lipinski definition) is 4. The summed E-state index contributed by atoms with van der Waals surface area (Å²) in [5, 5.41) is 19.1. The fourth-order valence-electron chi connectivity index (χ4n) is 3.33. The second kappa shape index (κ2) is 6.06. The van der Waals surface area contributed by atoms with Crippen LogP contribution in [0.15, 0.2) is 42.5 Å². The number of ether oxygens (including phenoxy) is 1. The van der Waals surface area contributed by atoms with E-state index in [1.54, 1.807) is 18.2 Å². The Morgan fingerprint density at radius 3 is 2.12 bits per heavy atom. The molecule has 3 aromatic rings. The monoisotopic (exact) mass is 339 g/mol. The first-order valence-electron chi connectivity index (χ1n) is 8.48. The van der Waals surface area contributed by atoms with E-state index in [0.717, 1.165) is 17.5 Å². The fraction of sp³-hybridized carbons (Fsp3) is 0.400. The molecule has 1 N–H and O–H groups in total. The van der Waals surface area contributed by atoms with Crippen molar-refractivity contribution in [2.24, 2.45) is 5.41 Å². The topological polar surface area (TPSA) is 60.2 Å². The molecule has 1 heterocycles. The van der Waals surface area contributed by atoms with Crippen LogP contribution < -0.4 is 4.74 Å². The first kappa shape index (κ1) is 17.3. The van der Waals surface area contributed by atoms with Crippen molar-refractivity contribution >= 4 is 11.0 Å². The zero-order chi connectivity index (χ0) is 18.2. The Hall–Kier alpha value is -2.56. The molecule has 5 nitrogen and oxygen atoms in total. The minimum Gasteiger partial charge on any atom is -0.506 e. The molecule has 0 atom stereocenters. The van der Waals surface area contributed by atoms with E-state index in [-0.39, 0.29) is 16.8 Å². The van der Waals surface area contributed by atoms with Crippen LogP contribution >= 0.6 is 0 Å². The lowest BCUT2D eigenvalue weighted by molar-refractivity contribution is 0.0621. The summed E-state index contributed by atoms with van der Waals surface area (Å²) in [7, 11) is 0. The zero-order valence-electron chi connectivity index (χ0n) is 15.4. The van der Waals surface area contributed by atoms with Gasteiger partial charge in [0.1, 0.15) is 33.8 Å².